The highest BCUT2D eigenvalue weighted by Gasteiger charge is 2.61. The molecule has 11 heavy (non-hydrogen) atoms. The number of hydrogen-bond acceptors (Lipinski definition) is 2. The van der Waals surface area contributed by atoms with Gasteiger partial charge in [-0.1, -0.05) is 6.42 Å². The molecular weight excluding hydrogens is 140 g/mol. The van der Waals surface area contributed by atoms with Gasteiger partial charge in [-0.05, 0) is 31.6 Å². The first-order chi connectivity index (χ1) is 5.28. The normalized spacial score (nSPS) is 31.2. The largest absolute Gasteiger partial charge is 0.466 e. The van der Waals surface area contributed by atoms with Crippen molar-refractivity contribution in [2.45, 2.75) is 32.6 Å². The minimum atomic E-state index is 0.0483. The molecule has 0 aliphatic heterocycles. The van der Waals surface area contributed by atoms with E-state index in [2.05, 4.69) is 0 Å². The van der Waals surface area contributed by atoms with Gasteiger partial charge >= 0.3 is 5.97 Å². The maximum absolute atomic E-state index is 11.2. The molecule has 0 radical (unpaired) electrons. The molecule has 0 aromatic heterocycles. The van der Waals surface area contributed by atoms with Crippen LogP contribution in [0.15, 0.2) is 0 Å². The monoisotopic (exact) mass is 154 g/mol. The molecule has 0 aromatic rings. The maximum atomic E-state index is 11.2. The number of carbonyl (C=O) groups is 1. The van der Waals surface area contributed by atoms with Crippen molar-refractivity contribution in [1.82, 2.24) is 0 Å². The number of esters is 1. The van der Waals surface area contributed by atoms with Crippen LogP contribution in [0.4, 0.5) is 0 Å². The third-order valence-electron chi connectivity index (χ3n) is 3.11. The van der Waals surface area contributed by atoms with Gasteiger partial charge in [-0.25, -0.2) is 0 Å². The Balaban J connectivity index is 1.85. The van der Waals surface area contributed by atoms with E-state index in [9.17, 15) is 4.79 Å². The first kappa shape index (κ1) is 7.14. The standard InChI is InChI=1S/C9H14O2/c1-2-11-8(10)7-6-9(7)4-3-5-9/h7H,2-6H2,1H3. The van der Waals surface area contributed by atoms with Crippen molar-refractivity contribution in [2.75, 3.05) is 6.61 Å². The van der Waals surface area contributed by atoms with E-state index in [1.807, 2.05) is 6.92 Å². The van der Waals surface area contributed by atoms with Crippen molar-refractivity contribution in [2.24, 2.45) is 11.3 Å². The molecule has 62 valence electrons. The SMILES string of the molecule is CCOC(=O)C1CC12CCC2. The van der Waals surface area contributed by atoms with E-state index in [4.69, 9.17) is 4.74 Å². The maximum Gasteiger partial charge on any atom is 0.309 e. The van der Waals surface area contributed by atoms with Crippen LogP contribution in [-0.4, -0.2) is 12.6 Å². The molecule has 2 fully saturated rings. The second kappa shape index (κ2) is 2.23. The predicted molar refractivity (Wildman–Crippen MR) is 41.0 cm³/mol. The molecule has 1 unspecified atom stereocenters. The van der Waals surface area contributed by atoms with E-state index >= 15 is 0 Å². The van der Waals surface area contributed by atoms with Crippen molar-refractivity contribution in [3.05, 3.63) is 0 Å². The first-order valence-electron chi connectivity index (χ1n) is 4.45. The summed E-state index contributed by atoms with van der Waals surface area (Å²) in [6.07, 6.45) is 4.94. The molecule has 2 aliphatic carbocycles. The highest BCUT2D eigenvalue weighted by molar-refractivity contribution is 5.77. The molecule has 0 N–H and O–H groups in total. The number of hydrogen-bond donors (Lipinski definition) is 0. The highest BCUT2D eigenvalue weighted by Crippen LogP contribution is 2.65. The molecule has 0 saturated heterocycles. The van der Waals surface area contributed by atoms with Crippen LogP contribution in [0.25, 0.3) is 0 Å². The van der Waals surface area contributed by atoms with Crippen LogP contribution in [0.1, 0.15) is 32.6 Å². The molecular formula is C9H14O2. The minimum absolute atomic E-state index is 0.0483. The van der Waals surface area contributed by atoms with Crippen molar-refractivity contribution >= 4 is 5.97 Å². The van der Waals surface area contributed by atoms with E-state index in [1.54, 1.807) is 0 Å². The lowest BCUT2D eigenvalue weighted by atomic mass is 9.80. The Kier molecular flexibility index (Phi) is 1.44. The van der Waals surface area contributed by atoms with Gasteiger partial charge in [-0.15, -0.1) is 0 Å². The van der Waals surface area contributed by atoms with Gasteiger partial charge in [-0.3, -0.25) is 4.79 Å². The summed E-state index contributed by atoms with van der Waals surface area (Å²) in [7, 11) is 0. The van der Waals surface area contributed by atoms with E-state index in [-0.39, 0.29) is 11.9 Å². The lowest BCUT2D eigenvalue weighted by molar-refractivity contribution is -0.146. The molecule has 1 atom stereocenters. The zero-order chi connectivity index (χ0) is 7.90. The lowest BCUT2D eigenvalue weighted by Gasteiger charge is -2.25. The number of carbonyl (C=O) groups excluding carboxylic acids is 1. The average Bonchev–Trinajstić information content (AvgIpc) is 2.60. The zero-order valence-corrected chi connectivity index (χ0v) is 6.93. The molecule has 1 spiro atoms. The molecule has 2 saturated carbocycles. The lowest BCUT2D eigenvalue weighted by Crippen LogP contribution is -2.20. The van der Waals surface area contributed by atoms with Gasteiger partial charge in [0.2, 0.25) is 0 Å². The summed E-state index contributed by atoms with van der Waals surface area (Å²) < 4.78 is 4.96. The second-order valence-corrected chi connectivity index (χ2v) is 3.72. The summed E-state index contributed by atoms with van der Waals surface area (Å²) in [5.74, 6) is 0.323. The molecule has 0 amide bonds. The fourth-order valence-corrected chi connectivity index (χ4v) is 2.11. The molecule has 0 heterocycles. The van der Waals surface area contributed by atoms with E-state index in [1.165, 1.54) is 19.3 Å². The summed E-state index contributed by atoms with van der Waals surface area (Å²) in [6, 6.07) is 0. The third-order valence-corrected chi connectivity index (χ3v) is 3.11. The van der Waals surface area contributed by atoms with E-state index in [0.717, 1.165) is 6.42 Å². The van der Waals surface area contributed by atoms with Gasteiger partial charge < -0.3 is 4.74 Å². The van der Waals surface area contributed by atoms with Gasteiger partial charge in [0.15, 0.2) is 0 Å². The summed E-state index contributed by atoms with van der Waals surface area (Å²) in [4.78, 5) is 11.2. The summed E-state index contributed by atoms with van der Waals surface area (Å²) >= 11 is 0. The highest BCUT2D eigenvalue weighted by atomic mass is 16.5. The second-order valence-electron chi connectivity index (χ2n) is 3.72. The summed E-state index contributed by atoms with van der Waals surface area (Å²) in [5, 5.41) is 0. The van der Waals surface area contributed by atoms with Crippen molar-refractivity contribution in [1.29, 1.82) is 0 Å². The van der Waals surface area contributed by atoms with Crippen LogP contribution < -0.4 is 0 Å². The van der Waals surface area contributed by atoms with Crippen LogP contribution in [-0.2, 0) is 9.53 Å². The molecule has 0 bridgehead atoms. The minimum Gasteiger partial charge on any atom is -0.466 e. The quantitative estimate of drug-likeness (QED) is 0.566. The van der Waals surface area contributed by atoms with E-state index < -0.39 is 0 Å². The first-order valence-corrected chi connectivity index (χ1v) is 4.45. The van der Waals surface area contributed by atoms with Crippen molar-refractivity contribution in [3.8, 4) is 0 Å². The van der Waals surface area contributed by atoms with Crippen LogP contribution in [0.2, 0.25) is 0 Å². The molecule has 2 nitrogen and oxygen atoms in total. The molecule has 0 aromatic carbocycles. The number of rotatable bonds is 2. The Bertz CT molecular complexity index is 182. The van der Waals surface area contributed by atoms with Crippen molar-refractivity contribution in [3.63, 3.8) is 0 Å². The van der Waals surface area contributed by atoms with Gasteiger partial charge in [0.25, 0.3) is 0 Å². The molecule has 2 aliphatic rings. The van der Waals surface area contributed by atoms with Gasteiger partial charge in [0.1, 0.15) is 0 Å². The third kappa shape index (κ3) is 0.959. The molecule has 2 heteroatoms. The average molecular weight is 154 g/mol. The van der Waals surface area contributed by atoms with Gasteiger partial charge in [0.05, 0.1) is 12.5 Å². The molecule has 2 rings (SSSR count). The van der Waals surface area contributed by atoms with Crippen LogP contribution in [0.3, 0.4) is 0 Å². The van der Waals surface area contributed by atoms with Crippen LogP contribution >= 0.6 is 0 Å². The van der Waals surface area contributed by atoms with E-state index in [0.29, 0.717) is 12.0 Å². The van der Waals surface area contributed by atoms with Crippen LogP contribution in [0, 0.1) is 11.3 Å². The number of ether oxygens (including phenoxy) is 1. The van der Waals surface area contributed by atoms with Crippen molar-refractivity contribution < 1.29 is 9.53 Å². The fraction of sp³-hybridized carbons (Fsp3) is 0.889. The topological polar surface area (TPSA) is 26.3 Å². The fourth-order valence-electron chi connectivity index (χ4n) is 2.11. The Morgan fingerprint density at radius 2 is 2.36 bits per heavy atom. The predicted octanol–water partition coefficient (Wildman–Crippen LogP) is 1.74. The smallest absolute Gasteiger partial charge is 0.309 e. The van der Waals surface area contributed by atoms with Gasteiger partial charge in [0, 0.05) is 0 Å². The van der Waals surface area contributed by atoms with Crippen LogP contribution in [0.5, 0.6) is 0 Å². The Morgan fingerprint density at radius 1 is 1.64 bits per heavy atom. The Hall–Kier alpha value is -0.530. The Morgan fingerprint density at radius 3 is 2.73 bits per heavy atom. The summed E-state index contributed by atoms with van der Waals surface area (Å²) in [6.45, 7) is 2.40. The van der Waals surface area contributed by atoms with Gasteiger partial charge in [-0.2, -0.15) is 0 Å². The summed E-state index contributed by atoms with van der Waals surface area (Å²) in [5.41, 5.74) is 0.437. The zero-order valence-electron chi connectivity index (χ0n) is 6.93. The Labute approximate surface area is 66.9 Å².